The number of aromatic amines is 1. The van der Waals surface area contributed by atoms with Gasteiger partial charge in [0.2, 0.25) is 0 Å². The highest BCUT2D eigenvalue weighted by Gasteiger charge is 2.09. The van der Waals surface area contributed by atoms with Gasteiger partial charge in [0.05, 0.1) is 5.88 Å². The minimum absolute atomic E-state index is 0.529. The summed E-state index contributed by atoms with van der Waals surface area (Å²) in [6.45, 7) is 3.86. The fourth-order valence-electron chi connectivity index (χ4n) is 2.41. The van der Waals surface area contributed by atoms with Crippen molar-refractivity contribution in [2.75, 3.05) is 19.6 Å². The summed E-state index contributed by atoms with van der Waals surface area (Å²) in [5.74, 6) is 1.61. The number of piperidine rings is 1. The smallest absolute Gasteiger partial charge is 0.106 e. The van der Waals surface area contributed by atoms with Crippen molar-refractivity contribution in [3.63, 3.8) is 0 Å². The zero-order chi connectivity index (χ0) is 11.9. The van der Waals surface area contributed by atoms with Gasteiger partial charge in [-0.05, 0) is 45.3 Å². The number of halogens is 1. The number of alkyl halides is 1. The van der Waals surface area contributed by atoms with E-state index in [1.807, 2.05) is 6.20 Å². The van der Waals surface area contributed by atoms with Crippen molar-refractivity contribution in [1.82, 2.24) is 14.9 Å². The highest BCUT2D eigenvalue weighted by Crippen LogP contribution is 2.10. The van der Waals surface area contributed by atoms with Gasteiger partial charge in [-0.25, -0.2) is 4.98 Å². The number of imidazole rings is 1. The average molecular weight is 256 g/mol. The van der Waals surface area contributed by atoms with Crippen LogP contribution in [0.5, 0.6) is 0 Å². The van der Waals surface area contributed by atoms with E-state index in [-0.39, 0.29) is 0 Å². The van der Waals surface area contributed by atoms with E-state index in [4.69, 9.17) is 11.6 Å². The summed E-state index contributed by atoms with van der Waals surface area (Å²) >= 11 is 5.73. The van der Waals surface area contributed by atoms with Crippen molar-refractivity contribution < 1.29 is 0 Å². The van der Waals surface area contributed by atoms with Gasteiger partial charge in [0.25, 0.3) is 0 Å². The first-order chi connectivity index (χ1) is 8.38. The van der Waals surface area contributed by atoms with Crippen LogP contribution in [0.15, 0.2) is 6.20 Å². The lowest BCUT2D eigenvalue weighted by Gasteiger charge is -2.26. The monoisotopic (exact) mass is 255 g/mol. The second-order valence-corrected chi connectivity index (χ2v) is 5.12. The summed E-state index contributed by atoms with van der Waals surface area (Å²) in [5.41, 5.74) is 1.03. The van der Waals surface area contributed by atoms with Crippen LogP contribution < -0.4 is 0 Å². The van der Waals surface area contributed by atoms with Gasteiger partial charge in [0.1, 0.15) is 5.82 Å². The number of aryl methyl sites for hydroxylation is 1. The summed E-state index contributed by atoms with van der Waals surface area (Å²) in [6.07, 6.45) is 9.57. The van der Waals surface area contributed by atoms with Gasteiger partial charge < -0.3 is 9.88 Å². The molecule has 0 spiro atoms. The Morgan fingerprint density at radius 3 is 2.76 bits per heavy atom. The maximum atomic E-state index is 5.73. The van der Waals surface area contributed by atoms with Crippen LogP contribution in [0.25, 0.3) is 0 Å². The predicted octanol–water partition coefficient (Wildman–Crippen LogP) is 2.96. The maximum Gasteiger partial charge on any atom is 0.106 e. The Morgan fingerprint density at radius 2 is 2.06 bits per heavy atom. The number of nitrogens with one attached hydrogen (secondary N) is 1. The molecule has 0 atom stereocenters. The van der Waals surface area contributed by atoms with Gasteiger partial charge in [-0.1, -0.05) is 6.42 Å². The summed E-state index contributed by atoms with van der Waals surface area (Å²) < 4.78 is 0. The van der Waals surface area contributed by atoms with Gasteiger partial charge >= 0.3 is 0 Å². The molecule has 1 saturated heterocycles. The first-order valence-corrected chi connectivity index (χ1v) is 7.23. The number of aromatic nitrogens is 2. The predicted molar refractivity (Wildman–Crippen MR) is 71.4 cm³/mol. The van der Waals surface area contributed by atoms with E-state index >= 15 is 0 Å². The molecule has 1 aliphatic rings. The summed E-state index contributed by atoms with van der Waals surface area (Å²) in [4.78, 5) is 10.2. The van der Waals surface area contributed by atoms with Gasteiger partial charge in [-0.15, -0.1) is 11.6 Å². The molecule has 0 amide bonds. The minimum atomic E-state index is 0.529. The van der Waals surface area contributed by atoms with Crippen molar-refractivity contribution >= 4 is 11.6 Å². The van der Waals surface area contributed by atoms with Crippen LogP contribution in [-0.2, 0) is 12.3 Å². The van der Waals surface area contributed by atoms with Gasteiger partial charge in [-0.3, -0.25) is 0 Å². The third-order valence-corrected chi connectivity index (χ3v) is 3.70. The summed E-state index contributed by atoms with van der Waals surface area (Å²) in [6, 6.07) is 0. The molecule has 96 valence electrons. The fourth-order valence-corrected chi connectivity index (χ4v) is 2.55. The van der Waals surface area contributed by atoms with E-state index < -0.39 is 0 Å². The number of hydrogen-bond donors (Lipinski definition) is 1. The Kier molecular flexibility index (Phi) is 5.33. The van der Waals surface area contributed by atoms with E-state index in [1.165, 1.54) is 51.7 Å². The Hall–Kier alpha value is -0.540. The standard InChI is InChI=1S/C13H22ClN3/c14-10-12-11-15-13(16-12)6-2-5-9-17-7-3-1-4-8-17/h11H,1-10H2,(H,15,16). The molecule has 0 radical (unpaired) electrons. The summed E-state index contributed by atoms with van der Waals surface area (Å²) in [7, 11) is 0. The van der Waals surface area contributed by atoms with Crippen LogP contribution in [0.3, 0.4) is 0 Å². The first kappa shape index (κ1) is 12.9. The highest BCUT2D eigenvalue weighted by atomic mass is 35.5. The fraction of sp³-hybridized carbons (Fsp3) is 0.769. The second kappa shape index (κ2) is 7.02. The molecular weight excluding hydrogens is 234 g/mol. The molecule has 1 N–H and O–H groups in total. The highest BCUT2D eigenvalue weighted by molar-refractivity contribution is 6.16. The molecule has 1 fully saturated rings. The number of nitrogens with zero attached hydrogens (tertiary/aromatic N) is 2. The molecule has 1 aromatic rings. The maximum absolute atomic E-state index is 5.73. The molecule has 1 aromatic heterocycles. The number of likely N-dealkylation sites (tertiary alicyclic amines) is 1. The zero-order valence-electron chi connectivity index (χ0n) is 10.4. The largest absolute Gasteiger partial charge is 0.345 e. The van der Waals surface area contributed by atoms with E-state index in [0.717, 1.165) is 17.9 Å². The van der Waals surface area contributed by atoms with E-state index in [2.05, 4.69) is 14.9 Å². The normalized spacial score (nSPS) is 17.5. The molecule has 3 nitrogen and oxygen atoms in total. The Bertz CT molecular complexity index is 318. The number of unbranched alkanes of at least 4 members (excludes halogenated alkanes) is 1. The SMILES string of the molecule is ClCc1cnc(CCCCN2CCCCC2)[nH]1. The van der Waals surface area contributed by atoms with Gasteiger partial charge in [0.15, 0.2) is 0 Å². The Labute approximate surface area is 109 Å². The minimum Gasteiger partial charge on any atom is -0.345 e. The van der Waals surface area contributed by atoms with Crippen molar-refractivity contribution in [2.24, 2.45) is 0 Å². The zero-order valence-corrected chi connectivity index (χ0v) is 11.2. The lowest BCUT2D eigenvalue weighted by molar-refractivity contribution is 0.225. The van der Waals surface area contributed by atoms with Crippen molar-refractivity contribution in [3.8, 4) is 0 Å². The number of hydrogen-bond acceptors (Lipinski definition) is 2. The lowest BCUT2D eigenvalue weighted by Crippen LogP contribution is -2.30. The van der Waals surface area contributed by atoms with Crippen LogP contribution in [0.4, 0.5) is 0 Å². The lowest BCUT2D eigenvalue weighted by atomic mass is 10.1. The third-order valence-electron chi connectivity index (χ3n) is 3.41. The number of rotatable bonds is 6. The Balaban J connectivity index is 1.59. The number of H-pyrrole nitrogens is 1. The molecule has 0 aliphatic carbocycles. The molecule has 4 heteroatoms. The molecule has 1 aliphatic heterocycles. The summed E-state index contributed by atoms with van der Waals surface area (Å²) in [5, 5.41) is 0. The molecule has 0 bridgehead atoms. The van der Waals surface area contributed by atoms with Crippen molar-refractivity contribution in [2.45, 2.75) is 44.4 Å². The molecule has 0 unspecified atom stereocenters. The van der Waals surface area contributed by atoms with Crippen LogP contribution in [0.2, 0.25) is 0 Å². The van der Waals surface area contributed by atoms with E-state index in [1.54, 1.807) is 0 Å². The molecule has 2 rings (SSSR count). The molecule has 0 aromatic carbocycles. The third kappa shape index (κ3) is 4.32. The second-order valence-electron chi connectivity index (χ2n) is 4.85. The van der Waals surface area contributed by atoms with Gasteiger partial charge in [0, 0.05) is 18.3 Å². The van der Waals surface area contributed by atoms with Crippen molar-refractivity contribution in [1.29, 1.82) is 0 Å². The quantitative estimate of drug-likeness (QED) is 0.626. The topological polar surface area (TPSA) is 31.9 Å². The Morgan fingerprint density at radius 1 is 1.24 bits per heavy atom. The average Bonchev–Trinajstić information content (AvgIpc) is 2.84. The van der Waals surface area contributed by atoms with E-state index in [9.17, 15) is 0 Å². The van der Waals surface area contributed by atoms with Crippen molar-refractivity contribution in [3.05, 3.63) is 17.7 Å². The van der Waals surface area contributed by atoms with Crippen LogP contribution in [0.1, 0.15) is 43.6 Å². The molecule has 2 heterocycles. The van der Waals surface area contributed by atoms with E-state index in [0.29, 0.717) is 5.88 Å². The first-order valence-electron chi connectivity index (χ1n) is 6.69. The van der Waals surface area contributed by atoms with Gasteiger partial charge in [-0.2, -0.15) is 0 Å². The molecular formula is C13H22ClN3. The van der Waals surface area contributed by atoms with Crippen LogP contribution >= 0.6 is 11.6 Å². The molecule has 0 saturated carbocycles. The van der Waals surface area contributed by atoms with Crippen LogP contribution in [-0.4, -0.2) is 34.5 Å². The molecule has 17 heavy (non-hydrogen) atoms. The van der Waals surface area contributed by atoms with Crippen LogP contribution in [0, 0.1) is 0 Å².